The lowest BCUT2D eigenvalue weighted by atomic mass is 10.1. The highest BCUT2D eigenvalue weighted by molar-refractivity contribution is 7.80. The summed E-state index contributed by atoms with van der Waals surface area (Å²) in [5.74, 6) is -0.277. The number of benzene rings is 2. The lowest BCUT2D eigenvalue weighted by molar-refractivity contribution is -0.119. The minimum Gasteiger partial charge on any atom is -0.376 e. The number of carbonyl (C=O) groups is 2. The van der Waals surface area contributed by atoms with E-state index in [-0.39, 0.29) is 23.0 Å². The van der Waals surface area contributed by atoms with Crippen molar-refractivity contribution in [3.63, 3.8) is 0 Å². The minimum absolute atomic E-state index is 0.114. The molecule has 1 aliphatic heterocycles. The Labute approximate surface area is 176 Å². The maximum atomic E-state index is 12.2. The normalized spacial score (nSPS) is 15.5. The first-order valence-corrected chi connectivity index (χ1v) is 10.2. The van der Waals surface area contributed by atoms with Gasteiger partial charge in [0, 0.05) is 30.8 Å². The summed E-state index contributed by atoms with van der Waals surface area (Å²) in [6.45, 7) is 1.29. The van der Waals surface area contributed by atoms with E-state index in [1.54, 1.807) is 24.3 Å². The molecule has 0 unspecified atom stereocenters. The zero-order chi connectivity index (χ0) is 20.5. The number of thiocarbonyl (C=S) groups is 1. The Kier molecular flexibility index (Phi) is 7.72. The lowest BCUT2D eigenvalue weighted by Crippen LogP contribution is -2.34. The van der Waals surface area contributed by atoms with Crippen molar-refractivity contribution < 1.29 is 14.3 Å². The number of anilines is 1. The Morgan fingerprint density at radius 2 is 1.83 bits per heavy atom. The van der Waals surface area contributed by atoms with Gasteiger partial charge in [0.15, 0.2) is 5.11 Å². The van der Waals surface area contributed by atoms with Crippen LogP contribution in [0.5, 0.6) is 0 Å². The maximum Gasteiger partial charge on any atom is 0.251 e. The first-order valence-electron chi connectivity index (χ1n) is 9.75. The van der Waals surface area contributed by atoms with Crippen molar-refractivity contribution >= 4 is 34.8 Å². The summed E-state index contributed by atoms with van der Waals surface area (Å²) >= 11 is 5.19. The summed E-state index contributed by atoms with van der Waals surface area (Å²) in [4.78, 5) is 24.2. The van der Waals surface area contributed by atoms with Crippen LogP contribution >= 0.6 is 12.2 Å². The lowest BCUT2D eigenvalue weighted by Gasteiger charge is -2.12. The molecule has 1 aliphatic rings. The van der Waals surface area contributed by atoms with Crippen LogP contribution in [0.2, 0.25) is 0 Å². The van der Waals surface area contributed by atoms with Gasteiger partial charge in [-0.15, -0.1) is 0 Å². The van der Waals surface area contributed by atoms with Crippen molar-refractivity contribution in [2.24, 2.45) is 0 Å². The van der Waals surface area contributed by atoms with Crippen LogP contribution in [0.15, 0.2) is 54.6 Å². The smallest absolute Gasteiger partial charge is 0.251 e. The minimum atomic E-state index is -0.142. The quantitative estimate of drug-likeness (QED) is 0.611. The number of nitrogens with one attached hydrogen (secondary N) is 3. The van der Waals surface area contributed by atoms with Gasteiger partial charge in [-0.05, 0) is 61.3 Å². The van der Waals surface area contributed by atoms with Gasteiger partial charge in [0.25, 0.3) is 5.91 Å². The Bertz CT molecular complexity index is 834. The third kappa shape index (κ3) is 6.96. The number of amides is 2. The van der Waals surface area contributed by atoms with Gasteiger partial charge in [-0.3, -0.25) is 9.59 Å². The van der Waals surface area contributed by atoms with Gasteiger partial charge in [0.1, 0.15) is 0 Å². The van der Waals surface area contributed by atoms with Crippen LogP contribution in [0.25, 0.3) is 0 Å². The second-order valence-corrected chi connectivity index (χ2v) is 7.32. The van der Waals surface area contributed by atoms with Gasteiger partial charge in [0.05, 0.1) is 6.10 Å². The molecule has 0 spiro atoms. The summed E-state index contributed by atoms with van der Waals surface area (Å²) < 4.78 is 5.50. The Morgan fingerprint density at radius 1 is 1.07 bits per heavy atom. The van der Waals surface area contributed by atoms with E-state index in [0.717, 1.165) is 25.0 Å². The summed E-state index contributed by atoms with van der Waals surface area (Å²) in [6.07, 6.45) is 3.16. The number of ether oxygens (including phenoxy) is 1. The molecular weight excluding hydrogens is 386 g/mol. The summed E-state index contributed by atoms with van der Waals surface area (Å²) in [6, 6.07) is 16.8. The van der Waals surface area contributed by atoms with Crippen molar-refractivity contribution in [3.8, 4) is 0 Å². The molecule has 6 nitrogen and oxygen atoms in total. The van der Waals surface area contributed by atoms with E-state index in [9.17, 15) is 9.59 Å². The van der Waals surface area contributed by atoms with Crippen LogP contribution < -0.4 is 16.0 Å². The highest BCUT2D eigenvalue weighted by Crippen LogP contribution is 2.12. The van der Waals surface area contributed by atoms with E-state index in [1.165, 1.54) is 0 Å². The Hall–Kier alpha value is -2.77. The molecule has 0 aliphatic carbocycles. The molecular formula is C22H25N3O3S. The molecule has 29 heavy (non-hydrogen) atoms. The average molecular weight is 412 g/mol. The topological polar surface area (TPSA) is 79.5 Å². The molecule has 0 bridgehead atoms. The summed E-state index contributed by atoms with van der Waals surface area (Å²) in [5.41, 5.74) is 2.37. The molecule has 0 aromatic heterocycles. The number of hydrogen-bond donors (Lipinski definition) is 3. The predicted molar refractivity (Wildman–Crippen MR) is 117 cm³/mol. The van der Waals surface area contributed by atoms with E-state index in [4.69, 9.17) is 17.0 Å². The molecule has 152 valence electrons. The standard InChI is InChI=1S/C22H25N3O3S/c26-20(13-8-16-5-2-1-3-6-16)25-22(29)24-18-11-9-17(10-12-18)21(27)23-15-19-7-4-14-28-19/h1-3,5-6,9-12,19H,4,7-8,13-15H2,(H,23,27)(H2,24,25,26,29)/t19-/m1/s1. The van der Waals surface area contributed by atoms with E-state index in [2.05, 4.69) is 16.0 Å². The molecule has 1 atom stereocenters. The van der Waals surface area contributed by atoms with Crippen LogP contribution in [-0.4, -0.2) is 36.2 Å². The third-order valence-electron chi connectivity index (χ3n) is 4.66. The zero-order valence-corrected chi connectivity index (χ0v) is 17.0. The van der Waals surface area contributed by atoms with E-state index < -0.39 is 0 Å². The van der Waals surface area contributed by atoms with Gasteiger partial charge in [-0.1, -0.05) is 30.3 Å². The molecule has 2 aromatic rings. The van der Waals surface area contributed by atoms with Crippen LogP contribution in [0.3, 0.4) is 0 Å². The molecule has 3 rings (SSSR count). The van der Waals surface area contributed by atoms with Crippen molar-refractivity contribution in [1.82, 2.24) is 10.6 Å². The summed E-state index contributed by atoms with van der Waals surface area (Å²) in [7, 11) is 0. The summed E-state index contributed by atoms with van der Waals surface area (Å²) in [5, 5.41) is 8.76. The Balaban J connectivity index is 1.40. The molecule has 7 heteroatoms. The molecule has 0 radical (unpaired) electrons. The van der Waals surface area contributed by atoms with Gasteiger partial charge < -0.3 is 20.7 Å². The number of hydrogen-bond acceptors (Lipinski definition) is 4. The van der Waals surface area contributed by atoms with Crippen LogP contribution in [0.1, 0.15) is 35.2 Å². The molecule has 0 saturated carbocycles. The van der Waals surface area contributed by atoms with Gasteiger partial charge in [-0.25, -0.2) is 0 Å². The first kappa shape index (κ1) is 21.0. The second-order valence-electron chi connectivity index (χ2n) is 6.91. The molecule has 1 saturated heterocycles. The van der Waals surface area contributed by atoms with Crippen LogP contribution in [-0.2, 0) is 16.0 Å². The first-order chi connectivity index (χ1) is 14.1. The fraction of sp³-hybridized carbons (Fsp3) is 0.318. The zero-order valence-electron chi connectivity index (χ0n) is 16.1. The van der Waals surface area contributed by atoms with E-state index >= 15 is 0 Å². The van der Waals surface area contributed by atoms with E-state index in [1.807, 2.05) is 30.3 Å². The van der Waals surface area contributed by atoms with Gasteiger partial charge in [0.2, 0.25) is 5.91 Å². The van der Waals surface area contributed by atoms with Crippen molar-refractivity contribution in [3.05, 3.63) is 65.7 Å². The van der Waals surface area contributed by atoms with Crippen molar-refractivity contribution in [2.45, 2.75) is 31.8 Å². The monoisotopic (exact) mass is 411 g/mol. The number of carbonyl (C=O) groups excluding carboxylic acids is 2. The average Bonchev–Trinajstić information content (AvgIpc) is 3.25. The van der Waals surface area contributed by atoms with E-state index in [0.29, 0.717) is 30.6 Å². The third-order valence-corrected chi connectivity index (χ3v) is 4.86. The molecule has 2 amide bonds. The molecule has 1 fully saturated rings. The molecule has 1 heterocycles. The fourth-order valence-electron chi connectivity index (χ4n) is 3.07. The van der Waals surface area contributed by atoms with Crippen molar-refractivity contribution in [1.29, 1.82) is 0 Å². The molecule has 2 aromatic carbocycles. The predicted octanol–water partition coefficient (Wildman–Crippen LogP) is 3.04. The number of rotatable bonds is 7. The highest BCUT2D eigenvalue weighted by atomic mass is 32.1. The fourth-order valence-corrected chi connectivity index (χ4v) is 3.30. The van der Waals surface area contributed by atoms with Gasteiger partial charge in [-0.2, -0.15) is 0 Å². The van der Waals surface area contributed by atoms with Crippen molar-refractivity contribution in [2.75, 3.05) is 18.5 Å². The second kappa shape index (κ2) is 10.7. The number of aryl methyl sites for hydroxylation is 1. The maximum absolute atomic E-state index is 12.2. The SMILES string of the molecule is O=C(CCc1ccccc1)NC(=S)Nc1ccc(C(=O)NC[C@H]2CCCO2)cc1. The van der Waals surface area contributed by atoms with Crippen LogP contribution in [0, 0.1) is 0 Å². The molecule has 3 N–H and O–H groups in total. The Morgan fingerprint density at radius 3 is 2.52 bits per heavy atom. The van der Waals surface area contributed by atoms with Crippen LogP contribution in [0.4, 0.5) is 5.69 Å². The largest absolute Gasteiger partial charge is 0.376 e. The highest BCUT2D eigenvalue weighted by Gasteiger charge is 2.16. The van der Waals surface area contributed by atoms with Gasteiger partial charge >= 0.3 is 0 Å².